The molecule has 0 saturated carbocycles. The van der Waals surface area contributed by atoms with Crippen LogP contribution in [-0.4, -0.2) is 44.4 Å². The van der Waals surface area contributed by atoms with Crippen molar-refractivity contribution < 1.29 is 18.3 Å². The minimum atomic E-state index is -0.879. The summed E-state index contributed by atoms with van der Waals surface area (Å²) in [5, 5.41) is 0. The molecule has 1 saturated heterocycles. The number of benzene rings is 1. The summed E-state index contributed by atoms with van der Waals surface area (Å²) in [6.45, 7) is 6.30. The summed E-state index contributed by atoms with van der Waals surface area (Å²) >= 11 is 0. The number of halogens is 2. The minimum Gasteiger partial charge on any atom is -0.491 e. The first-order valence-electron chi connectivity index (χ1n) is 7.12. The van der Waals surface area contributed by atoms with Crippen molar-refractivity contribution in [2.45, 2.75) is 19.8 Å². The van der Waals surface area contributed by atoms with Gasteiger partial charge < -0.3 is 9.47 Å². The second kappa shape index (κ2) is 7.55. The highest BCUT2D eigenvalue weighted by Gasteiger charge is 2.15. The molecule has 0 unspecified atom stereocenters. The second-order valence-corrected chi connectivity index (χ2v) is 4.84. The van der Waals surface area contributed by atoms with Gasteiger partial charge in [-0.05, 0) is 37.9 Å². The van der Waals surface area contributed by atoms with Crippen LogP contribution in [0.1, 0.15) is 18.9 Å². The zero-order valence-corrected chi connectivity index (χ0v) is 11.8. The van der Waals surface area contributed by atoms with Crippen LogP contribution >= 0.6 is 0 Å². The van der Waals surface area contributed by atoms with Crippen molar-refractivity contribution in [1.82, 2.24) is 4.90 Å². The molecule has 112 valence electrons. The topological polar surface area (TPSA) is 21.7 Å². The molecular formula is C15H21F2NO2. The lowest BCUT2D eigenvalue weighted by Crippen LogP contribution is -2.36. The second-order valence-electron chi connectivity index (χ2n) is 4.84. The van der Waals surface area contributed by atoms with Gasteiger partial charge in [-0.25, -0.2) is 4.39 Å². The molecule has 3 nitrogen and oxygen atoms in total. The molecule has 2 rings (SSSR count). The number of nitrogens with zero attached hydrogens (tertiary/aromatic N) is 1. The summed E-state index contributed by atoms with van der Waals surface area (Å²) in [5.41, 5.74) is 0.416. The maximum atomic E-state index is 13.9. The van der Waals surface area contributed by atoms with Crippen molar-refractivity contribution in [2.24, 2.45) is 0 Å². The first-order valence-corrected chi connectivity index (χ1v) is 7.12. The van der Waals surface area contributed by atoms with E-state index in [2.05, 4.69) is 4.90 Å². The quantitative estimate of drug-likeness (QED) is 0.802. The molecule has 0 N–H and O–H groups in total. The van der Waals surface area contributed by atoms with Crippen molar-refractivity contribution in [3.8, 4) is 5.75 Å². The number of hydrogen-bond acceptors (Lipinski definition) is 3. The third-order valence-corrected chi connectivity index (χ3v) is 3.45. The van der Waals surface area contributed by atoms with Crippen LogP contribution in [-0.2, 0) is 11.2 Å². The maximum absolute atomic E-state index is 13.9. The van der Waals surface area contributed by atoms with E-state index in [1.165, 1.54) is 6.07 Å². The van der Waals surface area contributed by atoms with Gasteiger partial charge in [0, 0.05) is 13.1 Å². The highest BCUT2D eigenvalue weighted by Crippen LogP contribution is 2.23. The van der Waals surface area contributed by atoms with Crippen molar-refractivity contribution in [2.75, 3.05) is 39.5 Å². The molecule has 0 atom stereocenters. The van der Waals surface area contributed by atoms with E-state index in [0.29, 0.717) is 18.6 Å². The van der Waals surface area contributed by atoms with Crippen molar-refractivity contribution in [1.29, 1.82) is 0 Å². The summed E-state index contributed by atoms with van der Waals surface area (Å²) in [6.07, 6.45) is 1.34. The van der Waals surface area contributed by atoms with E-state index in [0.717, 1.165) is 39.3 Å². The Morgan fingerprint density at radius 1 is 1.20 bits per heavy atom. The van der Waals surface area contributed by atoms with Gasteiger partial charge in [-0.2, -0.15) is 4.39 Å². The largest absolute Gasteiger partial charge is 0.491 e. The van der Waals surface area contributed by atoms with E-state index in [-0.39, 0.29) is 5.75 Å². The molecule has 5 heteroatoms. The normalized spacial score (nSPS) is 16.4. The van der Waals surface area contributed by atoms with Gasteiger partial charge >= 0.3 is 0 Å². The van der Waals surface area contributed by atoms with E-state index < -0.39 is 11.6 Å². The molecule has 0 amide bonds. The Balaban J connectivity index is 1.87. The van der Waals surface area contributed by atoms with E-state index in [9.17, 15) is 8.78 Å². The molecule has 1 heterocycles. The van der Waals surface area contributed by atoms with Crippen molar-refractivity contribution in [3.63, 3.8) is 0 Å². The molecule has 1 fully saturated rings. The average Bonchev–Trinajstić information content (AvgIpc) is 2.48. The third kappa shape index (κ3) is 3.90. The maximum Gasteiger partial charge on any atom is 0.200 e. The SMILES string of the molecule is CCOc1ccc(CCCN2CCOCC2)c(F)c1F. The highest BCUT2D eigenvalue weighted by molar-refractivity contribution is 5.31. The van der Waals surface area contributed by atoms with Crippen molar-refractivity contribution in [3.05, 3.63) is 29.3 Å². The van der Waals surface area contributed by atoms with Gasteiger partial charge in [0.25, 0.3) is 0 Å². The van der Waals surface area contributed by atoms with Gasteiger partial charge in [-0.1, -0.05) is 6.07 Å². The molecule has 0 aliphatic carbocycles. The number of ether oxygens (including phenoxy) is 2. The van der Waals surface area contributed by atoms with Crippen LogP contribution in [0.15, 0.2) is 12.1 Å². The lowest BCUT2D eigenvalue weighted by molar-refractivity contribution is 0.0374. The van der Waals surface area contributed by atoms with Gasteiger partial charge in [0.1, 0.15) is 0 Å². The Kier molecular flexibility index (Phi) is 5.73. The minimum absolute atomic E-state index is 0.0121. The molecular weight excluding hydrogens is 264 g/mol. The lowest BCUT2D eigenvalue weighted by Gasteiger charge is -2.26. The smallest absolute Gasteiger partial charge is 0.200 e. The zero-order valence-electron chi connectivity index (χ0n) is 11.8. The van der Waals surface area contributed by atoms with E-state index in [4.69, 9.17) is 9.47 Å². The van der Waals surface area contributed by atoms with Crippen LogP contribution < -0.4 is 4.74 Å². The number of morpholine rings is 1. The first-order chi connectivity index (χ1) is 9.72. The van der Waals surface area contributed by atoms with Crippen molar-refractivity contribution >= 4 is 0 Å². The summed E-state index contributed by atoms with van der Waals surface area (Å²) in [7, 11) is 0. The molecule has 0 spiro atoms. The zero-order chi connectivity index (χ0) is 14.4. The molecule has 20 heavy (non-hydrogen) atoms. The fourth-order valence-electron chi connectivity index (χ4n) is 2.35. The third-order valence-electron chi connectivity index (χ3n) is 3.45. The summed E-state index contributed by atoms with van der Waals surface area (Å²) in [4.78, 5) is 2.28. The van der Waals surface area contributed by atoms with Crippen LogP contribution in [0.2, 0.25) is 0 Å². The summed E-state index contributed by atoms with van der Waals surface area (Å²) in [6, 6.07) is 3.12. The standard InChI is InChI=1S/C15H21F2NO2/c1-2-20-13-6-5-12(14(16)15(13)17)4-3-7-18-8-10-19-11-9-18/h5-6H,2-4,7-11H2,1H3. The van der Waals surface area contributed by atoms with Crippen LogP contribution in [0.25, 0.3) is 0 Å². The Labute approximate surface area is 118 Å². The van der Waals surface area contributed by atoms with E-state index in [1.807, 2.05) is 0 Å². The number of aryl methyl sites for hydroxylation is 1. The predicted octanol–water partition coefficient (Wildman–Crippen LogP) is 2.63. The predicted molar refractivity (Wildman–Crippen MR) is 73.1 cm³/mol. The molecule has 1 aliphatic heterocycles. The van der Waals surface area contributed by atoms with Crippen LogP contribution in [0.3, 0.4) is 0 Å². The van der Waals surface area contributed by atoms with Gasteiger partial charge in [0.05, 0.1) is 19.8 Å². The monoisotopic (exact) mass is 285 g/mol. The van der Waals surface area contributed by atoms with Gasteiger partial charge in [0.2, 0.25) is 5.82 Å². The molecule has 0 aromatic heterocycles. The molecule has 0 radical (unpaired) electrons. The Bertz CT molecular complexity index is 434. The number of rotatable bonds is 6. The van der Waals surface area contributed by atoms with E-state index in [1.54, 1.807) is 13.0 Å². The fourth-order valence-corrected chi connectivity index (χ4v) is 2.35. The van der Waals surface area contributed by atoms with E-state index >= 15 is 0 Å². The molecule has 1 aliphatic rings. The van der Waals surface area contributed by atoms with Gasteiger partial charge in [-0.15, -0.1) is 0 Å². The highest BCUT2D eigenvalue weighted by atomic mass is 19.2. The summed E-state index contributed by atoms with van der Waals surface area (Å²) < 4.78 is 37.9. The van der Waals surface area contributed by atoms with Crippen LogP contribution in [0.4, 0.5) is 8.78 Å². The average molecular weight is 285 g/mol. The summed E-state index contributed by atoms with van der Waals surface area (Å²) in [5.74, 6) is -1.67. The van der Waals surface area contributed by atoms with Gasteiger partial charge in [-0.3, -0.25) is 4.90 Å². The Morgan fingerprint density at radius 2 is 1.95 bits per heavy atom. The first kappa shape index (κ1) is 15.2. The van der Waals surface area contributed by atoms with Gasteiger partial charge in [0.15, 0.2) is 11.6 Å². The molecule has 1 aromatic carbocycles. The van der Waals surface area contributed by atoms with Crippen LogP contribution in [0.5, 0.6) is 5.75 Å². The Hall–Kier alpha value is -1.20. The fraction of sp³-hybridized carbons (Fsp3) is 0.600. The van der Waals surface area contributed by atoms with Crippen LogP contribution in [0, 0.1) is 11.6 Å². The lowest BCUT2D eigenvalue weighted by atomic mass is 10.1. The Morgan fingerprint density at radius 3 is 2.65 bits per heavy atom. The molecule has 0 bridgehead atoms. The molecule has 1 aromatic rings. The number of hydrogen-bond donors (Lipinski definition) is 0.